The van der Waals surface area contributed by atoms with E-state index in [0.29, 0.717) is 25.5 Å². The van der Waals surface area contributed by atoms with Crippen molar-refractivity contribution in [2.75, 3.05) is 6.61 Å². The van der Waals surface area contributed by atoms with Gasteiger partial charge in [-0.25, -0.2) is 0 Å². The van der Waals surface area contributed by atoms with Crippen LogP contribution in [0.1, 0.15) is 52.4 Å². The van der Waals surface area contributed by atoms with E-state index in [1.165, 1.54) is 5.57 Å². The average Bonchev–Trinajstić information content (AvgIpc) is 2.59. The smallest absolute Gasteiger partial charge is 0.143 e. The zero-order chi connectivity index (χ0) is 18.4. The van der Waals surface area contributed by atoms with E-state index in [1.54, 1.807) is 6.92 Å². The van der Waals surface area contributed by atoms with Gasteiger partial charge in [0.1, 0.15) is 12.1 Å². The highest BCUT2D eigenvalue weighted by molar-refractivity contribution is 5.91. The van der Waals surface area contributed by atoms with Gasteiger partial charge in [0.05, 0.1) is 24.7 Å². The number of fused-ring (bicyclic) bond motifs is 3. The summed E-state index contributed by atoms with van der Waals surface area (Å²) in [5.74, 6) is -0.719. The highest BCUT2D eigenvalue weighted by Crippen LogP contribution is 2.59. The van der Waals surface area contributed by atoms with E-state index in [2.05, 4.69) is 13.0 Å². The van der Waals surface area contributed by atoms with E-state index >= 15 is 0 Å². The van der Waals surface area contributed by atoms with Gasteiger partial charge in [-0.2, -0.15) is 0 Å². The third-order valence-electron chi connectivity index (χ3n) is 7.47. The van der Waals surface area contributed by atoms with E-state index in [-0.39, 0.29) is 29.1 Å². The SMILES string of the molecule is C[C@]1([C@H](C=O)[C@@H](O)CO)CC[C@H]2[C@@H](CC=C3C[C@@H](O)CC[C@@]32C)C1=O. The summed E-state index contributed by atoms with van der Waals surface area (Å²) in [6, 6.07) is 0. The Morgan fingerprint density at radius 3 is 2.68 bits per heavy atom. The summed E-state index contributed by atoms with van der Waals surface area (Å²) in [7, 11) is 0. The van der Waals surface area contributed by atoms with Crippen LogP contribution in [0.2, 0.25) is 0 Å². The van der Waals surface area contributed by atoms with Crippen molar-refractivity contribution in [1.82, 2.24) is 0 Å². The molecule has 7 atom stereocenters. The second kappa shape index (κ2) is 6.60. The lowest BCUT2D eigenvalue weighted by atomic mass is 9.48. The molecule has 5 nitrogen and oxygen atoms in total. The Morgan fingerprint density at radius 2 is 2.04 bits per heavy atom. The second-order valence-electron chi connectivity index (χ2n) is 8.72. The molecule has 0 heterocycles. The first-order valence-corrected chi connectivity index (χ1v) is 9.44. The van der Waals surface area contributed by atoms with Crippen LogP contribution in [-0.2, 0) is 9.59 Å². The fraction of sp³-hybridized carbons (Fsp3) is 0.800. The van der Waals surface area contributed by atoms with Crippen LogP contribution in [0.15, 0.2) is 11.6 Å². The number of aliphatic hydroxyl groups is 3. The first-order valence-electron chi connectivity index (χ1n) is 9.44. The van der Waals surface area contributed by atoms with E-state index in [4.69, 9.17) is 0 Å². The molecule has 0 unspecified atom stereocenters. The van der Waals surface area contributed by atoms with Crippen LogP contribution in [-0.4, -0.2) is 46.2 Å². The number of aldehydes is 1. The van der Waals surface area contributed by atoms with Crippen LogP contribution in [0.3, 0.4) is 0 Å². The number of hydrogen-bond donors (Lipinski definition) is 3. The van der Waals surface area contributed by atoms with Crippen LogP contribution in [0.4, 0.5) is 0 Å². The lowest BCUT2D eigenvalue weighted by Gasteiger charge is -2.55. The Kier molecular flexibility index (Phi) is 4.95. The van der Waals surface area contributed by atoms with Gasteiger partial charge >= 0.3 is 0 Å². The van der Waals surface area contributed by atoms with Crippen molar-refractivity contribution >= 4 is 12.1 Å². The fourth-order valence-corrected chi connectivity index (χ4v) is 5.76. The highest BCUT2D eigenvalue weighted by Gasteiger charge is 2.57. The molecule has 0 aromatic carbocycles. The molecule has 0 amide bonds. The largest absolute Gasteiger partial charge is 0.394 e. The summed E-state index contributed by atoms with van der Waals surface area (Å²) in [5.41, 5.74) is 0.318. The van der Waals surface area contributed by atoms with Crippen LogP contribution in [0.5, 0.6) is 0 Å². The van der Waals surface area contributed by atoms with Gasteiger partial charge in [0.25, 0.3) is 0 Å². The normalized spacial score (nSPS) is 43.5. The Hall–Kier alpha value is -1.04. The predicted octanol–water partition coefficient (Wildman–Crippen LogP) is 1.64. The molecule has 0 radical (unpaired) electrons. The summed E-state index contributed by atoms with van der Waals surface area (Å²) in [4.78, 5) is 24.9. The van der Waals surface area contributed by atoms with Gasteiger partial charge in [-0.1, -0.05) is 25.5 Å². The van der Waals surface area contributed by atoms with Gasteiger partial charge in [-0.05, 0) is 49.9 Å². The Morgan fingerprint density at radius 1 is 1.32 bits per heavy atom. The van der Waals surface area contributed by atoms with Gasteiger partial charge in [0, 0.05) is 11.3 Å². The third kappa shape index (κ3) is 2.81. The van der Waals surface area contributed by atoms with Crippen molar-refractivity contribution in [2.24, 2.45) is 28.6 Å². The molecular weight excluding hydrogens is 320 g/mol. The monoisotopic (exact) mass is 350 g/mol. The van der Waals surface area contributed by atoms with Crippen molar-refractivity contribution in [3.8, 4) is 0 Å². The number of hydrogen-bond acceptors (Lipinski definition) is 5. The molecule has 3 rings (SSSR count). The molecule has 3 N–H and O–H groups in total. The lowest BCUT2D eigenvalue weighted by Crippen LogP contribution is -2.55. The molecule has 3 aliphatic rings. The van der Waals surface area contributed by atoms with Crippen molar-refractivity contribution in [2.45, 2.75) is 64.6 Å². The summed E-state index contributed by atoms with van der Waals surface area (Å²) in [5, 5.41) is 29.3. The number of ketones is 1. The number of aliphatic hydroxyl groups excluding tert-OH is 3. The molecule has 25 heavy (non-hydrogen) atoms. The summed E-state index contributed by atoms with van der Waals surface area (Å²) in [6.45, 7) is 3.48. The second-order valence-corrected chi connectivity index (χ2v) is 8.72. The summed E-state index contributed by atoms with van der Waals surface area (Å²) >= 11 is 0. The van der Waals surface area contributed by atoms with Crippen LogP contribution < -0.4 is 0 Å². The molecule has 0 aliphatic heterocycles. The van der Waals surface area contributed by atoms with Crippen LogP contribution in [0.25, 0.3) is 0 Å². The molecule has 2 saturated carbocycles. The van der Waals surface area contributed by atoms with Crippen LogP contribution in [0, 0.1) is 28.6 Å². The minimum Gasteiger partial charge on any atom is -0.394 e. The van der Waals surface area contributed by atoms with Gasteiger partial charge in [0.2, 0.25) is 0 Å². The predicted molar refractivity (Wildman–Crippen MR) is 92.6 cm³/mol. The molecule has 0 saturated heterocycles. The minimum absolute atomic E-state index is 0.0502. The van der Waals surface area contributed by atoms with Crippen molar-refractivity contribution in [3.05, 3.63) is 11.6 Å². The molecule has 3 aliphatic carbocycles. The maximum absolute atomic E-state index is 13.4. The third-order valence-corrected chi connectivity index (χ3v) is 7.47. The summed E-state index contributed by atoms with van der Waals surface area (Å²) < 4.78 is 0. The van der Waals surface area contributed by atoms with Crippen molar-refractivity contribution < 1.29 is 24.9 Å². The van der Waals surface area contributed by atoms with Crippen LogP contribution >= 0.6 is 0 Å². The highest BCUT2D eigenvalue weighted by atomic mass is 16.3. The van der Waals surface area contributed by atoms with E-state index in [1.807, 2.05) is 0 Å². The first kappa shape index (κ1) is 18.7. The van der Waals surface area contributed by atoms with E-state index in [9.17, 15) is 24.9 Å². The standard InChI is InChI=1S/C20H30O5/c1-19-7-5-13(23)9-12(19)3-4-14-15(19)6-8-20(2,18(14)25)16(10-21)17(24)11-22/h3,10,13-17,22-24H,4-9,11H2,1-2H3/t13-,14+,15-,16+,17-,19-,20+/m0/s1. The van der Waals surface area contributed by atoms with E-state index in [0.717, 1.165) is 19.3 Å². The topological polar surface area (TPSA) is 94.8 Å². The molecule has 5 heteroatoms. The molecular formula is C20H30O5. The molecule has 0 spiro atoms. The number of carbonyl (C=O) groups excluding carboxylic acids is 2. The van der Waals surface area contributed by atoms with E-state index < -0.39 is 24.0 Å². The lowest BCUT2D eigenvalue weighted by molar-refractivity contribution is -0.153. The number of rotatable bonds is 4. The van der Waals surface area contributed by atoms with Gasteiger partial charge < -0.3 is 20.1 Å². The zero-order valence-corrected chi connectivity index (χ0v) is 15.1. The quantitative estimate of drug-likeness (QED) is 0.529. The van der Waals surface area contributed by atoms with Gasteiger partial charge in [0.15, 0.2) is 0 Å². The Balaban J connectivity index is 1.91. The maximum atomic E-state index is 13.4. The number of Topliss-reactive ketones (excluding diaryl/α,β-unsaturated/α-hetero) is 1. The fourth-order valence-electron chi connectivity index (χ4n) is 5.76. The molecule has 140 valence electrons. The Bertz CT molecular complexity index is 585. The molecule has 0 aromatic heterocycles. The molecule has 0 bridgehead atoms. The zero-order valence-electron chi connectivity index (χ0n) is 15.1. The van der Waals surface area contributed by atoms with Gasteiger partial charge in [-0.15, -0.1) is 0 Å². The molecule has 2 fully saturated rings. The minimum atomic E-state index is -1.20. The first-order chi connectivity index (χ1) is 11.8. The Labute approximate surface area is 149 Å². The van der Waals surface area contributed by atoms with Crippen molar-refractivity contribution in [3.63, 3.8) is 0 Å². The average molecular weight is 350 g/mol. The summed E-state index contributed by atoms with van der Waals surface area (Å²) in [6.07, 6.45) is 5.69. The maximum Gasteiger partial charge on any atom is 0.143 e. The number of allylic oxidation sites excluding steroid dienone is 1. The molecule has 0 aromatic rings. The van der Waals surface area contributed by atoms with Crippen molar-refractivity contribution in [1.29, 1.82) is 0 Å². The number of carbonyl (C=O) groups is 2. The van der Waals surface area contributed by atoms with Gasteiger partial charge in [-0.3, -0.25) is 4.79 Å².